The minimum atomic E-state index is -0.247. The summed E-state index contributed by atoms with van der Waals surface area (Å²) < 4.78 is 5.03. The standard InChI is InChI=1S/C13H24N2O2/c1-3-4-5-6-7-8-9-15-11-10-14(2)13(15)17-12-16/h10-13H,3-9H2,1-2H3. The van der Waals surface area contributed by atoms with Gasteiger partial charge >= 0.3 is 0 Å². The van der Waals surface area contributed by atoms with Crippen LogP contribution < -0.4 is 0 Å². The van der Waals surface area contributed by atoms with Crippen LogP contribution in [0.4, 0.5) is 0 Å². The first-order valence-corrected chi connectivity index (χ1v) is 6.54. The Hall–Kier alpha value is -1.19. The Morgan fingerprint density at radius 3 is 2.59 bits per heavy atom. The van der Waals surface area contributed by atoms with E-state index in [4.69, 9.17) is 4.74 Å². The Kier molecular flexibility index (Phi) is 6.51. The molecule has 0 aromatic carbocycles. The first-order chi connectivity index (χ1) is 8.29. The maximum absolute atomic E-state index is 10.4. The van der Waals surface area contributed by atoms with Crippen molar-refractivity contribution in [1.29, 1.82) is 0 Å². The fourth-order valence-electron chi connectivity index (χ4n) is 2.06. The molecular weight excluding hydrogens is 216 g/mol. The average molecular weight is 240 g/mol. The van der Waals surface area contributed by atoms with Gasteiger partial charge in [0.25, 0.3) is 12.8 Å². The fourth-order valence-corrected chi connectivity index (χ4v) is 2.06. The molecule has 0 radical (unpaired) electrons. The van der Waals surface area contributed by atoms with E-state index in [1.807, 2.05) is 24.3 Å². The molecule has 0 aliphatic carbocycles. The first kappa shape index (κ1) is 13.9. The number of nitrogens with zero attached hydrogens (tertiary/aromatic N) is 2. The molecule has 0 fully saturated rings. The molecule has 98 valence electrons. The SMILES string of the molecule is CCCCCCCCN1C=CN(C)C1OC=O. The van der Waals surface area contributed by atoms with E-state index in [0.717, 1.165) is 13.0 Å². The van der Waals surface area contributed by atoms with Gasteiger partial charge in [-0.25, -0.2) is 0 Å². The summed E-state index contributed by atoms with van der Waals surface area (Å²) in [5.74, 6) is 0. The third kappa shape index (κ3) is 4.67. The normalized spacial score (nSPS) is 18.8. The summed E-state index contributed by atoms with van der Waals surface area (Å²) in [6.45, 7) is 3.69. The summed E-state index contributed by atoms with van der Waals surface area (Å²) in [5.41, 5.74) is 0. The van der Waals surface area contributed by atoms with Gasteiger partial charge in [-0.1, -0.05) is 39.0 Å². The van der Waals surface area contributed by atoms with E-state index < -0.39 is 0 Å². The van der Waals surface area contributed by atoms with Crippen LogP contribution in [-0.4, -0.2) is 36.2 Å². The zero-order chi connectivity index (χ0) is 12.5. The predicted molar refractivity (Wildman–Crippen MR) is 67.9 cm³/mol. The van der Waals surface area contributed by atoms with Crippen LogP contribution in [0.3, 0.4) is 0 Å². The van der Waals surface area contributed by atoms with Gasteiger partial charge in [0.05, 0.1) is 0 Å². The molecule has 0 N–H and O–H groups in total. The third-order valence-electron chi connectivity index (χ3n) is 3.07. The highest BCUT2D eigenvalue weighted by Gasteiger charge is 2.23. The summed E-state index contributed by atoms with van der Waals surface area (Å²) in [7, 11) is 1.91. The van der Waals surface area contributed by atoms with E-state index in [9.17, 15) is 4.79 Å². The van der Waals surface area contributed by atoms with Crippen molar-refractivity contribution in [2.24, 2.45) is 0 Å². The molecule has 1 rings (SSSR count). The van der Waals surface area contributed by atoms with E-state index in [1.54, 1.807) is 0 Å². The van der Waals surface area contributed by atoms with Gasteiger partial charge in [0.2, 0.25) is 0 Å². The summed E-state index contributed by atoms with van der Waals surface area (Å²) >= 11 is 0. The molecule has 1 atom stereocenters. The highest BCUT2D eigenvalue weighted by Crippen LogP contribution is 2.15. The summed E-state index contributed by atoms with van der Waals surface area (Å²) in [5, 5.41) is 0. The van der Waals surface area contributed by atoms with E-state index in [-0.39, 0.29) is 6.35 Å². The largest absolute Gasteiger partial charge is 0.425 e. The lowest BCUT2D eigenvalue weighted by Gasteiger charge is -2.28. The van der Waals surface area contributed by atoms with Crippen molar-refractivity contribution in [3.63, 3.8) is 0 Å². The van der Waals surface area contributed by atoms with E-state index >= 15 is 0 Å². The topological polar surface area (TPSA) is 32.8 Å². The molecule has 0 aromatic heterocycles. The van der Waals surface area contributed by atoms with Crippen LogP contribution in [0.1, 0.15) is 45.4 Å². The second kappa shape index (κ2) is 7.98. The average Bonchev–Trinajstić information content (AvgIpc) is 2.66. The Bertz CT molecular complexity index is 244. The zero-order valence-corrected chi connectivity index (χ0v) is 11.0. The van der Waals surface area contributed by atoms with Crippen LogP contribution in [0, 0.1) is 0 Å². The van der Waals surface area contributed by atoms with Crippen LogP contribution in [-0.2, 0) is 9.53 Å². The van der Waals surface area contributed by atoms with E-state index in [1.165, 1.54) is 32.1 Å². The van der Waals surface area contributed by atoms with Crippen molar-refractivity contribution >= 4 is 6.47 Å². The molecule has 0 saturated heterocycles. The van der Waals surface area contributed by atoms with Gasteiger partial charge in [-0.05, 0) is 6.42 Å². The van der Waals surface area contributed by atoms with Crippen LogP contribution in [0.15, 0.2) is 12.4 Å². The van der Waals surface area contributed by atoms with Gasteiger partial charge in [0.1, 0.15) is 0 Å². The minimum absolute atomic E-state index is 0.247. The van der Waals surface area contributed by atoms with Crippen molar-refractivity contribution in [2.75, 3.05) is 13.6 Å². The van der Waals surface area contributed by atoms with Crippen molar-refractivity contribution in [2.45, 2.75) is 51.8 Å². The lowest BCUT2D eigenvalue weighted by Crippen LogP contribution is -2.39. The molecule has 4 heteroatoms. The Morgan fingerprint density at radius 1 is 1.18 bits per heavy atom. The summed E-state index contributed by atoms with van der Waals surface area (Å²) in [6, 6.07) is 0. The van der Waals surface area contributed by atoms with E-state index in [2.05, 4.69) is 11.8 Å². The second-order valence-corrected chi connectivity index (χ2v) is 4.53. The van der Waals surface area contributed by atoms with Crippen LogP contribution in [0.5, 0.6) is 0 Å². The van der Waals surface area contributed by atoms with Gasteiger partial charge in [0.15, 0.2) is 0 Å². The maximum Gasteiger partial charge on any atom is 0.296 e. The lowest BCUT2D eigenvalue weighted by molar-refractivity contribution is -0.150. The van der Waals surface area contributed by atoms with Crippen LogP contribution >= 0.6 is 0 Å². The smallest absolute Gasteiger partial charge is 0.296 e. The van der Waals surface area contributed by atoms with Gasteiger partial charge < -0.3 is 14.5 Å². The molecule has 0 bridgehead atoms. The number of carbonyl (C=O) groups excluding carboxylic acids is 1. The number of ether oxygens (including phenoxy) is 1. The Labute approximate surface area is 104 Å². The van der Waals surface area contributed by atoms with Crippen LogP contribution in [0.2, 0.25) is 0 Å². The predicted octanol–water partition coefficient (Wildman–Crippen LogP) is 2.52. The second-order valence-electron chi connectivity index (χ2n) is 4.53. The van der Waals surface area contributed by atoms with Gasteiger partial charge in [0, 0.05) is 26.0 Å². The Morgan fingerprint density at radius 2 is 1.88 bits per heavy atom. The van der Waals surface area contributed by atoms with Crippen LogP contribution in [0.25, 0.3) is 0 Å². The molecule has 4 nitrogen and oxygen atoms in total. The number of carbonyl (C=O) groups is 1. The molecule has 0 aromatic rings. The number of rotatable bonds is 9. The molecule has 0 spiro atoms. The molecule has 1 aliphatic heterocycles. The minimum Gasteiger partial charge on any atom is -0.425 e. The van der Waals surface area contributed by atoms with Crippen molar-refractivity contribution in [1.82, 2.24) is 9.80 Å². The third-order valence-corrected chi connectivity index (χ3v) is 3.07. The molecule has 17 heavy (non-hydrogen) atoms. The van der Waals surface area contributed by atoms with Gasteiger partial charge in [-0.2, -0.15) is 0 Å². The fraction of sp³-hybridized carbons (Fsp3) is 0.769. The summed E-state index contributed by atoms with van der Waals surface area (Å²) in [4.78, 5) is 14.4. The first-order valence-electron chi connectivity index (χ1n) is 6.54. The Balaban J connectivity index is 2.13. The maximum atomic E-state index is 10.4. The molecule has 1 heterocycles. The van der Waals surface area contributed by atoms with Crippen molar-refractivity contribution < 1.29 is 9.53 Å². The lowest BCUT2D eigenvalue weighted by atomic mass is 10.1. The van der Waals surface area contributed by atoms with Gasteiger partial charge in [-0.15, -0.1) is 0 Å². The summed E-state index contributed by atoms with van der Waals surface area (Å²) in [6.07, 6.45) is 11.3. The van der Waals surface area contributed by atoms with Gasteiger partial charge in [-0.3, -0.25) is 4.79 Å². The number of hydrogen-bond donors (Lipinski definition) is 0. The van der Waals surface area contributed by atoms with E-state index in [0.29, 0.717) is 6.47 Å². The molecule has 0 amide bonds. The highest BCUT2D eigenvalue weighted by molar-refractivity contribution is 5.37. The highest BCUT2D eigenvalue weighted by atomic mass is 16.6. The number of unbranched alkanes of at least 4 members (excludes halogenated alkanes) is 5. The van der Waals surface area contributed by atoms with Crippen molar-refractivity contribution in [3.8, 4) is 0 Å². The molecule has 0 saturated carbocycles. The number of hydrogen-bond acceptors (Lipinski definition) is 4. The molecular formula is C13H24N2O2. The molecule has 1 aliphatic rings. The quantitative estimate of drug-likeness (QED) is 0.458. The monoisotopic (exact) mass is 240 g/mol. The molecule has 1 unspecified atom stereocenters. The van der Waals surface area contributed by atoms with Crippen molar-refractivity contribution in [3.05, 3.63) is 12.4 Å². The zero-order valence-electron chi connectivity index (χ0n) is 11.0.